The first-order chi connectivity index (χ1) is 14.3. The van der Waals surface area contributed by atoms with Crippen LogP contribution in [0.2, 0.25) is 0 Å². The molecule has 0 saturated heterocycles. The Kier molecular flexibility index (Phi) is 5.28. The summed E-state index contributed by atoms with van der Waals surface area (Å²) in [5, 5.41) is 10.3. The Morgan fingerprint density at radius 1 is 0.767 bits per heavy atom. The number of halogens is 4. The predicted octanol–water partition coefficient (Wildman–Crippen LogP) is 5.79. The summed E-state index contributed by atoms with van der Waals surface area (Å²) >= 11 is 0. The van der Waals surface area contributed by atoms with E-state index in [2.05, 4.69) is 0 Å². The molecular weight excluding hydrogens is 394 g/mol. The molecule has 0 atom stereocenters. The molecule has 0 amide bonds. The highest BCUT2D eigenvalue weighted by Gasteiger charge is 2.57. The predicted molar refractivity (Wildman–Crippen MR) is 107 cm³/mol. The number of anilines is 1. The van der Waals surface area contributed by atoms with Crippen LogP contribution in [0.5, 0.6) is 0 Å². The summed E-state index contributed by atoms with van der Waals surface area (Å²) in [5.41, 5.74) is -0.631. The molecule has 30 heavy (non-hydrogen) atoms. The molecule has 6 heteroatoms. The highest BCUT2D eigenvalue weighted by Crippen LogP contribution is 2.52. The first-order valence-electron chi connectivity index (χ1n) is 9.68. The van der Waals surface area contributed by atoms with Crippen molar-refractivity contribution in [3.05, 3.63) is 101 Å². The Balaban J connectivity index is 1.68. The molecule has 4 rings (SSSR count). The molecule has 0 bridgehead atoms. The normalized spacial score (nSPS) is 16.7. The van der Waals surface area contributed by atoms with E-state index in [9.17, 15) is 18.3 Å². The summed E-state index contributed by atoms with van der Waals surface area (Å²) in [7, 11) is 0. The van der Waals surface area contributed by atoms with Crippen molar-refractivity contribution in [2.24, 2.45) is 0 Å². The first-order valence-corrected chi connectivity index (χ1v) is 9.68. The van der Waals surface area contributed by atoms with E-state index in [1.54, 1.807) is 4.90 Å². The van der Waals surface area contributed by atoms with E-state index >= 15 is 4.39 Å². The van der Waals surface area contributed by atoms with Crippen LogP contribution in [0.4, 0.5) is 23.2 Å². The summed E-state index contributed by atoms with van der Waals surface area (Å²) in [4.78, 5) is 1.69. The van der Waals surface area contributed by atoms with E-state index in [-0.39, 0.29) is 5.69 Å². The molecule has 1 aliphatic rings. The molecule has 0 radical (unpaired) electrons. The van der Waals surface area contributed by atoms with Gasteiger partial charge >= 0.3 is 0 Å². The van der Waals surface area contributed by atoms with Crippen molar-refractivity contribution in [1.29, 1.82) is 0 Å². The number of alkyl halides is 2. The minimum atomic E-state index is -3.07. The van der Waals surface area contributed by atoms with Crippen molar-refractivity contribution < 1.29 is 22.7 Å². The summed E-state index contributed by atoms with van der Waals surface area (Å²) in [6.45, 7) is 0.654. The van der Waals surface area contributed by atoms with Gasteiger partial charge in [-0.3, -0.25) is 0 Å². The van der Waals surface area contributed by atoms with Crippen LogP contribution in [-0.4, -0.2) is 11.0 Å². The molecule has 2 nitrogen and oxygen atoms in total. The minimum Gasteiger partial charge on any atom is -0.385 e. The molecule has 156 valence electrons. The van der Waals surface area contributed by atoms with Gasteiger partial charge < -0.3 is 10.0 Å². The Labute approximate surface area is 172 Å². The van der Waals surface area contributed by atoms with Gasteiger partial charge in [0.15, 0.2) is 0 Å². The lowest BCUT2D eigenvalue weighted by molar-refractivity contribution is -0.211. The monoisotopic (exact) mass is 415 g/mol. The van der Waals surface area contributed by atoms with Crippen LogP contribution < -0.4 is 4.90 Å². The molecule has 0 spiro atoms. The Bertz CT molecular complexity index is 975. The number of hydrogen-bond donors (Lipinski definition) is 1. The highest BCUT2D eigenvalue weighted by molar-refractivity contribution is 5.52. The molecule has 1 aliphatic carbocycles. The van der Waals surface area contributed by atoms with Gasteiger partial charge in [-0.1, -0.05) is 60.7 Å². The van der Waals surface area contributed by atoms with Gasteiger partial charge in [0.05, 0.1) is 5.69 Å². The first kappa shape index (κ1) is 20.4. The molecule has 3 aromatic carbocycles. The number of nitrogens with zero attached hydrogens (tertiary/aromatic N) is 1. The van der Waals surface area contributed by atoms with E-state index in [1.165, 1.54) is 0 Å². The third-order valence-corrected chi connectivity index (χ3v) is 5.41. The molecule has 3 aromatic rings. The van der Waals surface area contributed by atoms with E-state index in [1.807, 2.05) is 60.7 Å². The van der Waals surface area contributed by atoms with Crippen LogP contribution in [0.1, 0.15) is 29.5 Å². The molecule has 1 fully saturated rings. The topological polar surface area (TPSA) is 23.5 Å². The molecule has 0 unspecified atom stereocenters. The molecular formula is C24H21F4NO. The number of hydrogen-bond acceptors (Lipinski definition) is 2. The molecule has 1 N–H and O–H groups in total. The SMILES string of the molecule is OC1(c2cc(F)c(N(Cc3ccccc3)Cc3ccccc3)cc2F)CC(F)(F)C1. The van der Waals surface area contributed by atoms with E-state index in [0.29, 0.717) is 13.1 Å². The second-order valence-electron chi connectivity index (χ2n) is 7.85. The lowest BCUT2D eigenvalue weighted by atomic mass is 9.72. The Morgan fingerprint density at radius 3 is 1.73 bits per heavy atom. The van der Waals surface area contributed by atoms with Crippen molar-refractivity contribution in [1.82, 2.24) is 0 Å². The fourth-order valence-electron chi connectivity index (χ4n) is 3.96. The molecule has 1 saturated carbocycles. The standard InChI is InChI=1S/C24H21F4NO/c25-20-12-22(21(26)11-19(20)23(30)15-24(27,28)16-23)29(13-17-7-3-1-4-8-17)14-18-9-5-2-6-10-18/h1-12,30H,13-16H2. The molecule has 0 aromatic heterocycles. The summed E-state index contributed by atoms with van der Waals surface area (Å²) in [6, 6.07) is 20.6. The fraction of sp³-hybridized carbons (Fsp3) is 0.250. The van der Waals surface area contributed by atoms with Crippen LogP contribution in [0, 0.1) is 11.6 Å². The maximum atomic E-state index is 15.1. The summed E-state index contributed by atoms with van der Waals surface area (Å²) in [6.07, 6.45) is -1.82. The second-order valence-corrected chi connectivity index (χ2v) is 7.85. The maximum Gasteiger partial charge on any atom is 0.254 e. The quantitative estimate of drug-likeness (QED) is 0.515. The van der Waals surface area contributed by atoms with Gasteiger partial charge in [0.2, 0.25) is 0 Å². The smallest absolute Gasteiger partial charge is 0.254 e. The van der Waals surface area contributed by atoms with Gasteiger partial charge in [-0.2, -0.15) is 0 Å². The lowest BCUT2D eigenvalue weighted by Gasteiger charge is -2.43. The van der Waals surface area contributed by atoms with E-state index < -0.39 is 41.6 Å². The fourth-order valence-corrected chi connectivity index (χ4v) is 3.96. The van der Waals surface area contributed by atoms with Gasteiger partial charge in [-0.25, -0.2) is 17.6 Å². The van der Waals surface area contributed by atoms with Crippen molar-refractivity contribution in [3.8, 4) is 0 Å². The van der Waals surface area contributed by atoms with Crippen LogP contribution in [0.15, 0.2) is 72.8 Å². The van der Waals surface area contributed by atoms with Crippen LogP contribution in [-0.2, 0) is 18.7 Å². The number of aliphatic hydroxyl groups is 1. The van der Waals surface area contributed by atoms with E-state index in [4.69, 9.17) is 0 Å². The van der Waals surface area contributed by atoms with Gasteiger partial charge in [0.25, 0.3) is 5.92 Å². The van der Waals surface area contributed by atoms with Gasteiger partial charge in [-0.05, 0) is 17.2 Å². The van der Waals surface area contributed by atoms with Gasteiger partial charge in [0, 0.05) is 37.6 Å². The average Bonchev–Trinajstić information content (AvgIpc) is 2.69. The van der Waals surface area contributed by atoms with Crippen molar-refractivity contribution >= 4 is 5.69 Å². The molecule has 0 aliphatic heterocycles. The van der Waals surface area contributed by atoms with Gasteiger partial charge in [-0.15, -0.1) is 0 Å². The zero-order chi connectivity index (χ0) is 21.4. The zero-order valence-corrected chi connectivity index (χ0v) is 16.2. The largest absolute Gasteiger partial charge is 0.385 e. The molecule has 0 heterocycles. The van der Waals surface area contributed by atoms with E-state index in [0.717, 1.165) is 23.3 Å². The van der Waals surface area contributed by atoms with Crippen molar-refractivity contribution in [2.75, 3.05) is 4.90 Å². The second kappa shape index (κ2) is 7.76. The zero-order valence-electron chi connectivity index (χ0n) is 16.2. The van der Waals surface area contributed by atoms with Crippen molar-refractivity contribution in [3.63, 3.8) is 0 Å². The lowest BCUT2D eigenvalue weighted by Crippen LogP contribution is -2.49. The van der Waals surface area contributed by atoms with Crippen LogP contribution in [0.25, 0.3) is 0 Å². The van der Waals surface area contributed by atoms with Crippen LogP contribution >= 0.6 is 0 Å². The minimum absolute atomic E-state index is 0.0126. The number of benzene rings is 3. The third-order valence-electron chi connectivity index (χ3n) is 5.41. The Morgan fingerprint density at radius 2 is 1.27 bits per heavy atom. The Hall–Kier alpha value is -2.86. The van der Waals surface area contributed by atoms with Gasteiger partial charge in [0.1, 0.15) is 17.2 Å². The van der Waals surface area contributed by atoms with Crippen molar-refractivity contribution in [2.45, 2.75) is 37.5 Å². The summed E-state index contributed by atoms with van der Waals surface area (Å²) in [5.74, 6) is -4.72. The third kappa shape index (κ3) is 4.19. The average molecular weight is 415 g/mol. The maximum absolute atomic E-state index is 15.1. The summed E-state index contributed by atoms with van der Waals surface area (Å²) < 4.78 is 56.4. The number of rotatable bonds is 6. The highest BCUT2D eigenvalue weighted by atomic mass is 19.3. The van der Waals surface area contributed by atoms with Crippen LogP contribution in [0.3, 0.4) is 0 Å².